The van der Waals surface area contributed by atoms with Crippen LogP contribution < -0.4 is 5.32 Å². The van der Waals surface area contributed by atoms with Gasteiger partial charge in [-0.15, -0.1) is 0 Å². The van der Waals surface area contributed by atoms with Gasteiger partial charge in [0.25, 0.3) is 0 Å². The number of hydrogen-bond donors (Lipinski definition) is 1. The van der Waals surface area contributed by atoms with E-state index >= 15 is 0 Å². The van der Waals surface area contributed by atoms with E-state index in [-0.39, 0.29) is 18.3 Å². The van der Waals surface area contributed by atoms with Gasteiger partial charge in [-0.1, -0.05) is 0 Å². The summed E-state index contributed by atoms with van der Waals surface area (Å²) in [6.07, 6.45) is 0.355. The van der Waals surface area contributed by atoms with E-state index in [0.29, 0.717) is 31.8 Å². The van der Waals surface area contributed by atoms with Crippen LogP contribution in [0.5, 0.6) is 0 Å². The molecule has 6 heteroatoms. The summed E-state index contributed by atoms with van der Waals surface area (Å²) in [6.45, 7) is 1.75. The fourth-order valence-corrected chi connectivity index (χ4v) is 1.64. The summed E-state index contributed by atoms with van der Waals surface area (Å²) in [5.74, 6) is -0.551. The molecule has 0 atom stereocenters. The molecule has 5 nitrogen and oxygen atoms in total. The molecule has 0 aliphatic rings. The lowest BCUT2D eigenvalue weighted by Gasteiger charge is -2.20. The zero-order valence-electron chi connectivity index (χ0n) is 11.4. The SMILES string of the molecule is COCCN(CCC#N)CC(=O)Nc1ccc(F)cc1. The standard InChI is InChI=1S/C14H18FN3O2/c1-20-10-9-18(8-2-7-16)11-14(19)17-13-5-3-12(15)4-6-13/h3-6H,2,8-11H2,1H3,(H,17,19). The Hall–Kier alpha value is -1.97. The number of rotatable bonds is 8. The number of ether oxygens (including phenoxy) is 1. The molecule has 20 heavy (non-hydrogen) atoms. The van der Waals surface area contributed by atoms with Crippen molar-refractivity contribution in [3.05, 3.63) is 30.1 Å². The Morgan fingerprint density at radius 1 is 1.40 bits per heavy atom. The van der Waals surface area contributed by atoms with Crippen LogP contribution in [-0.4, -0.2) is 44.2 Å². The molecular formula is C14H18FN3O2. The highest BCUT2D eigenvalue weighted by molar-refractivity contribution is 5.92. The Kier molecular flexibility index (Phi) is 7.25. The van der Waals surface area contributed by atoms with Crippen molar-refractivity contribution in [2.24, 2.45) is 0 Å². The molecule has 0 fully saturated rings. The van der Waals surface area contributed by atoms with Crippen LogP contribution >= 0.6 is 0 Å². The molecule has 0 spiro atoms. The van der Waals surface area contributed by atoms with E-state index in [2.05, 4.69) is 5.32 Å². The lowest BCUT2D eigenvalue weighted by Crippen LogP contribution is -2.36. The Morgan fingerprint density at radius 2 is 2.10 bits per heavy atom. The van der Waals surface area contributed by atoms with E-state index in [4.69, 9.17) is 10.00 Å². The van der Waals surface area contributed by atoms with Gasteiger partial charge < -0.3 is 10.1 Å². The molecule has 0 radical (unpaired) electrons. The minimum atomic E-state index is -0.348. The average Bonchev–Trinajstić information content (AvgIpc) is 2.44. The second-order valence-corrected chi connectivity index (χ2v) is 4.23. The molecule has 0 bridgehead atoms. The fourth-order valence-electron chi connectivity index (χ4n) is 1.64. The lowest BCUT2D eigenvalue weighted by molar-refractivity contribution is -0.117. The number of carbonyl (C=O) groups is 1. The van der Waals surface area contributed by atoms with Gasteiger partial charge in [0.2, 0.25) is 5.91 Å². The van der Waals surface area contributed by atoms with Crippen LogP contribution in [0.2, 0.25) is 0 Å². The van der Waals surface area contributed by atoms with Crippen LogP contribution in [0.4, 0.5) is 10.1 Å². The number of nitrogens with zero attached hydrogens (tertiary/aromatic N) is 2. The molecule has 0 aliphatic heterocycles. The third-order valence-corrected chi connectivity index (χ3v) is 2.65. The fraction of sp³-hybridized carbons (Fsp3) is 0.429. The van der Waals surface area contributed by atoms with E-state index in [0.717, 1.165) is 0 Å². The van der Waals surface area contributed by atoms with Crippen molar-refractivity contribution >= 4 is 11.6 Å². The molecule has 1 N–H and O–H groups in total. The van der Waals surface area contributed by atoms with Gasteiger partial charge in [0.1, 0.15) is 5.82 Å². The van der Waals surface area contributed by atoms with Gasteiger partial charge in [-0.05, 0) is 24.3 Å². The number of halogens is 1. The third-order valence-electron chi connectivity index (χ3n) is 2.65. The molecule has 0 saturated heterocycles. The topological polar surface area (TPSA) is 65.4 Å². The van der Waals surface area contributed by atoms with Crippen molar-refractivity contribution in [2.75, 3.05) is 38.7 Å². The first kappa shape index (κ1) is 16.1. The summed E-state index contributed by atoms with van der Waals surface area (Å²) >= 11 is 0. The molecule has 1 aromatic carbocycles. The second kappa shape index (κ2) is 9.02. The van der Waals surface area contributed by atoms with Crippen LogP contribution in [0.25, 0.3) is 0 Å². The maximum absolute atomic E-state index is 12.7. The summed E-state index contributed by atoms with van der Waals surface area (Å²) in [5, 5.41) is 11.3. The summed E-state index contributed by atoms with van der Waals surface area (Å²) < 4.78 is 17.7. The monoisotopic (exact) mass is 279 g/mol. The Morgan fingerprint density at radius 3 is 2.70 bits per heavy atom. The van der Waals surface area contributed by atoms with Crippen molar-refractivity contribution in [2.45, 2.75) is 6.42 Å². The maximum Gasteiger partial charge on any atom is 0.238 e. The number of benzene rings is 1. The van der Waals surface area contributed by atoms with E-state index in [1.165, 1.54) is 24.3 Å². The largest absolute Gasteiger partial charge is 0.383 e. The normalized spacial score (nSPS) is 10.3. The number of methoxy groups -OCH3 is 1. The van der Waals surface area contributed by atoms with Gasteiger partial charge in [0.15, 0.2) is 0 Å². The van der Waals surface area contributed by atoms with Gasteiger partial charge in [-0.3, -0.25) is 9.69 Å². The maximum atomic E-state index is 12.7. The van der Waals surface area contributed by atoms with Gasteiger partial charge in [0.05, 0.1) is 19.2 Å². The minimum Gasteiger partial charge on any atom is -0.383 e. The van der Waals surface area contributed by atoms with Crippen LogP contribution in [0.15, 0.2) is 24.3 Å². The smallest absolute Gasteiger partial charge is 0.238 e. The van der Waals surface area contributed by atoms with E-state index < -0.39 is 0 Å². The number of nitrogens with one attached hydrogen (secondary N) is 1. The highest BCUT2D eigenvalue weighted by Gasteiger charge is 2.10. The zero-order chi connectivity index (χ0) is 14.8. The highest BCUT2D eigenvalue weighted by Crippen LogP contribution is 2.08. The quantitative estimate of drug-likeness (QED) is 0.785. The van der Waals surface area contributed by atoms with Gasteiger partial charge in [-0.2, -0.15) is 5.26 Å². The van der Waals surface area contributed by atoms with Crippen molar-refractivity contribution in [1.82, 2.24) is 4.90 Å². The number of amides is 1. The summed E-state index contributed by atoms with van der Waals surface area (Å²) in [5.41, 5.74) is 0.545. The summed E-state index contributed by atoms with van der Waals surface area (Å²) in [7, 11) is 1.58. The number of hydrogen-bond acceptors (Lipinski definition) is 4. The molecule has 0 unspecified atom stereocenters. The predicted octanol–water partition coefficient (Wildman–Crippen LogP) is 1.63. The average molecular weight is 279 g/mol. The predicted molar refractivity (Wildman–Crippen MR) is 73.6 cm³/mol. The van der Waals surface area contributed by atoms with Crippen molar-refractivity contribution < 1.29 is 13.9 Å². The molecule has 1 amide bonds. The van der Waals surface area contributed by atoms with Gasteiger partial charge >= 0.3 is 0 Å². The van der Waals surface area contributed by atoms with Gasteiger partial charge in [0, 0.05) is 32.3 Å². The first-order valence-corrected chi connectivity index (χ1v) is 6.29. The molecule has 0 aromatic heterocycles. The van der Waals surface area contributed by atoms with Crippen LogP contribution in [0.3, 0.4) is 0 Å². The van der Waals surface area contributed by atoms with Crippen molar-refractivity contribution in [1.29, 1.82) is 5.26 Å². The van der Waals surface area contributed by atoms with Crippen molar-refractivity contribution in [3.63, 3.8) is 0 Å². The summed E-state index contributed by atoms with van der Waals surface area (Å²) in [6, 6.07) is 7.62. The third kappa shape index (κ3) is 6.27. The second-order valence-electron chi connectivity index (χ2n) is 4.23. The Labute approximate surface area is 117 Å². The van der Waals surface area contributed by atoms with E-state index in [9.17, 15) is 9.18 Å². The minimum absolute atomic E-state index is 0.169. The van der Waals surface area contributed by atoms with Crippen molar-refractivity contribution in [3.8, 4) is 6.07 Å². The highest BCUT2D eigenvalue weighted by atomic mass is 19.1. The number of nitriles is 1. The van der Waals surface area contributed by atoms with Gasteiger partial charge in [-0.25, -0.2) is 4.39 Å². The Bertz CT molecular complexity index is 456. The van der Waals surface area contributed by atoms with E-state index in [1.807, 2.05) is 11.0 Å². The van der Waals surface area contributed by atoms with E-state index in [1.54, 1.807) is 7.11 Å². The van der Waals surface area contributed by atoms with Crippen LogP contribution in [0, 0.1) is 17.1 Å². The molecule has 0 aliphatic carbocycles. The molecule has 1 aromatic rings. The van der Waals surface area contributed by atoms with Crippen LogP contribution in [-0.2, 0) is 9.53 Å². The molecule has 108 valence electrons. The lowest BCUT2D eigenvalue weighted by atomic mass is 10.3. The zero-order valence-corrected chi connectivity index (χ0v) is 11.4. The number of anilines is 1. The summed E-state index contributed by atoms with van der Waals surface area (Å²) in [4.78, 5) is 13.7. The molecular weight excluding hydrogens is 261 g/mol. The van der Waals surface area contributed by atoms with Crippen LogP contribution in [0.1, 0.15) is 6.42 Å². The molecule has 0 heterocycles. The molecule has 1 rings (SSSR count). The Balaban J connectivity index is 2.47. The first-order valence-electron chi connectivity index (χ1n) is 6.29. The number of carbonyl (C=O) groups excluding carboxylic acids is 1. The molecule has 0 saturated carbocycles. The first-order chi connectivity index (χ1) is 9.65.